The maximum atomic E-state index is 12.6. The maximum absolute atomic E-state index is 12.6. The molecule has 0 radical (unpaired) electrons. The lowest BCUT2D eigenvalue weighted by atomic mass is 10.0. The number of ether oxygens (including phenoxy) is 1. The fourth-order valence-electron chi connectivity index (χ4n) is 2.30. The van der Waals surface area contributed by atoms with E-state index in [1.807, 2.05) is 13.8 Å². The summed E-state index contributed by atoms with van der Waals surface area (Å²) in [5, 5.41) is 0.453. The molecule has 1 fully saturated rings. The van der Waals surface area contributed by atoms with Crippen LogP contribution in [0.1, 0.15) is 13.8 Å². The van der Waals surface area contributed by atoms with Gasteiger partial charge in [0.2, 0.25) is 15.9 Å². The Balaban J connectivity index is 2.17. The number of morpholine rings is 1. The van der Waals surface area contributed by atoms with Crippen molar-refractivity contribution in [1.82, 2.24) is 9.62 Å². The summed E-state index contributed by atoms with van der Waals surface area (Å²) in [6.45, 7) is 5.53. The van der Waals surface area contributed by atoms with Crippen molar-refractivity contribution in [2.75, 3.05) is 26.3 Å². The van der Waals surface area contributed by atoms with Crippen LogP contribution in [0.25, 0.3) is 0 Å². The fourth-order valence-corrected chi connectivity index (χ4v) is 3.76. The predicted molar refractivity (Wildman–Crippen MR) is 87.8 cm³/mol. The number of nitrogens with zero attached hydrogens (tertiary/aromatic N) is 1. The van der Waals surface area contributed by atoms with Crippen molar-refractivity contribution in [1.29, 1.82) is 0 Å². The Morgan fingerprint density at radius 2 is 1.78 bits per heavy atom. The molecule has 1 N–H and O–H groups in total. The van der Waals surface area contributed by atoms with Gasteiger partial charge in [-0.1, -0.05) is 25.4 Å². The molecule has 1 aliphatic rings. The summed E-state index contributed by atoms with van der Waals surface area (Å²) < 4.78 is 32.7. The van der Waals surface area contributed by atoms with Gasteiger partial charge in [0.25, 0.3) is 0 Å². The highest BCUT2D eigenvalue weighted by molar-refractivity contribution is 7.89. The van der Waals surface area contributed by atoms with Gasteiger partial charge in [0.05, 0.1) is 18.1 Å². The number of sulfonamides is 1. The van der Waals surface area contributed by atoms with Crippen molar-refractivity contribution in [2.24, 2.45) is 5.92 Å². The standard InChI is InChI=1S/C15H21ClN2O4S/c1-11(2)14(15(19)18-7-9-22-10-8-18)17-23(20,21)13-5-3-12(16)4-6-13/h3-6,11,14,17H,7-10H2,1-2H3/t14-/m0/s1. The normalized spacial score (nSPS) is 17.3. The van der Waals surface area contributed by atoms with Crippen LogP contribution in [0, 0.1) is 5.92 Å². The number of carbonyl (C=O) groups is 1. The largest absolute Gasteiger partial charge is 0.378 e. The molecule has 6 nitrogen and oxygen atoms in total. The molecule has 1 atom stereocenters. The second-order valence-corrected chi connectivity index (χ2v) is 7.88. The smallest absolute Gasteiger partial charge is 0.241 e. The molecule has 1 aromatic rings. The molecule has 128 valence electrons. The molecule has 1 amide bonds. The van der Waals surface area contributed by atoms with Crippen molar-refractivity contribution in [3.8, 4) is 0 Å². The van der Waals surface area contributed by atoms with Crippen LogP contribution in [0.15, 0.2) is 29.2 Å². The van der Waals surface area contributed by atoms with Crippen LogP contribution in [0.5, 0.6) is 0 Å². The van der Waals surface area contributed by atoms with E-state index in [9.17, 15) is 13.2 Å². The average molecular weight is 361 g/mol. The van der Waals surface area contributed by atoms with E-state index in [2.05, 4.69) is 4.72 Å². The Hall–Kier alpha value is -1.15. The molecule has 2 rings (SSSR count). The molecular weight excluding hydrogens is 340 g/mol. The zero-order valence-electron chi connectivity index (χ0n) is 13.2. The van der Waals surface area contributed by atoms with Gasteiger partial charge < -0.3 is 9.64 Å². The summed E-state index contributed by atoms with van der Waals surface area (Å²) in [6, 6.07) is 5.03. The van der Waals surface area contributed by atoms with E-state index in [1.165, 1.54) is 24.3 Å². The molecule has 0 saturated carbocycles. The Bertz CT molecular complexity index is 640. The SMILES string of the molecule is CC(C)[C@H](NS(=O)(=O)c1ccc(Cl)cc1)C(=O)N1CCOCC1. The van der Waals surface area contributed by atoms with Gasteiger partial charge in [-0.3, -0.25) is 4.79 Å². The van der Waals surface area contributed by atoms with Crippen molar-refractivity contribution in [3.05, 3.63) is 29.3 Å². The molecule has 0 spiro atoms. The summed E-state index contributed by atoms with van der Waals surface area (Å²) in [4.78, 5) is 14.3. The fraction of sp³-hybridized carbons (Fsp3) is 0.533. The van der Waals surface area contributed by atoms with E-state index in [0.717, 1.165) is 0 Å². The van der Waals surface area contributed by atoms with E-state index in [0.29, 0.717) is 31.3 Å². The number of amides is 1. The summed E-state index contributed by atoms with van der Waals surface area (Å²) in [5.74, 6) is -0.395. The highest BCUT2D eigenvalue weighted by atomic mass is 35.5. The zero-order valence-corrected chi connectivity index (χ0v) is 14.7. The van der Waals surface area contributed by atoms with Gasteiger partial charge in [0, 0.05) is 18.1 Å². The molecule has 1 saturated heterocycles. The number of halogens is 1. The van der Waals surface area contributed by atoms with E-state index >= 15 is 0 Å². The quantitative estimate of drug-likeness (QED) is 0.863. The van der Waals surface area contributed by atoms with Gasteiger partial charge in [-0.05, 0) is 30.2 Å². The minimum atomic E-state index is -3.79. The van der Waals surface area contributed by atoms with Crippen LogP contribution in [0.3, 0.4) is 0 Å². The molecule has 1 aliphatic heterocycles. The molecule has 0 aliphatic carbocycles. The minimum absolute atomic E-state index is 0.0855. The molecule has 23 heavy (non-hydrogen) atoms. The first-order chi connectivity index (χ1) is 10.8. The van der Waals surface area contributed by atoms with Gasteiger partial charge in [0.15, 0.2) is 0 Å². The first-order valence-corrected chi connectivity index (χ1v) is 9.32. The summed E-state index contributed by atoms with van der Waals surface area (Å²) >= 11 is 5.78. The molecule has 0 unspecified atom stereocenters. The van der Waals surface area contributed by atoms with Crippen molar-refractivity contribution >= 4 is 27.5 Å². The number of rotatable bonds is 5. The van der Waals surface area contributed by atoms with E-state index < -0.39 is 16.1 Å². The Morgan fingerprint density at radius 1 is 1.22 bits per heavy atom. The lowest BCUT2D eigenvalue weighted by Gasteiger charge is -2.32. The van der Waals surface area contributed by atoms with E-state index in [4.69, 9.17) is 16.3 Å². The van der Waals surface area contributed by atoms with Gasteiger partial charge in [-0.2, -0.15) is 4.72 Å². The third-order valence-corrected chi connectivity index (χ3v) is 5.37. The van der Waals surface area contributed by atoms with Crippen LogP contribution < -0.4 is 4.72 Å². The molecule has 1 heterocycles. The van der Waals surface area contributed by atoms with Gasteiger partial charge in [-0.25, -0.2) is 8.42 Å². The maximum Gasteiger partial charge on any atom is 0.241 e. The van der Waals surface area contributed by atoms with Crippen LogP contribution in [-0.4, -0.2) is 51.6 Å². The third kappa shape index (κ3) is 4.67. The first kappa shape index (κ1) is 18.2. The summed E-state index contributed by atoms with van der Waals surface area (Å²) in [7, 11) is -3.79. The number of hydrogen-bond acceptors (Lipinski definition) is 4. The van der Waals surface area contributed by atoms with Crippen LogP contribution in [-0.2, 0) is 19.6 Å². The molecule has 0 aromatic heterocycles. The molecule has 0 bridgehead atoms. The third-order valence-electron chi connectivity index (χ3n) is 3.66. The molecular formula is C15H21ClN2O4S. The second-order valence-electron chi connectivity index (χ2n) is 5.73. The highest BCUT2D eigenvalue weighted by Gasteiger charge is 2.32. The predicted octanol–water partition coefficient (Wildman–Crippen LogP) is 1.50. The van der Waals surface area contributed by atoms with Crippen molar-refractivity contribution in [3.63, 3.8) is 0 Å². The van der Waals surface area contributed by atoms with Gasteiger partial charge >= 0.3 is 0 Å². The van der Waals surface area contributed by atoms with Crippen LogP contribution >= 0.6 is 11.6 Å². The van der Waals surface area contributed by atoms with Gasteiger partial charge in [-0.15, -0.1) is 0 Å². The van der Waals surface area contributed by atoms with E-state index in [1.54, 1.807) is 4.90 Å². The average Bonchev–Trinajstić information content (AvgIpc) is 2.53. The van der Waals surface area contributed by atoms with Crippen molar-refractivity contribution < 1.29 is 17.9 Å². The lowest BCUT2D eigenvalue weighted by Crippen LogP contribution is -2.53. The summed E-state index contributed by atoms with van der Waals surface area (Å²) in [6.07, 6.45) is 0. The van der Waals surface area contributed by atoms with Gasteiger partial charge in [0.1, 0.15) is 6.04 Å². The van der Waals surface area contributed by atoms with Crippen LogP contribution in [0.2, 0.25) is 5.02 Å². The minimum Gasteiger partial charge on any atom is -0.378 e. The number of carbonyl (C=O) groups excluding carboxylic acids is 1. The number of hydrogen-bond donors (Lipinski definition) is 1. The van der Waals surface area contributed by atoms with E-state index in [-0.39, 0.29) is 16.7 Å². The zero-order chi connectivity index (χ0) is 17.0. The Labute approximate surface area is 141 Å². The molecule has 8 heteroatoms. The number of benzene rings is 1. The molecule has 1 aromatic carbocycles. The second kappa shape index (κ2) is 7.61. The Morgan fingerprint density at radius 3 is 2.30 bits per heavy atom. The highest BCUT2D eigenvalue weighted by Crippen LogP contribution is 2.16. The monoisotopic (exact) mass is 360 g/mol. The first-order valence-electron chi connectivity index (χ1n) is 7.45. The Kier molecular flexibility index (Phi) is 6.02. The number of nitrogens with one attached hydrogen (secondary N) is 1. The summed E-state index contributed by atoms with van der Waals surface area (Å²) in [5.41, 5.74) is 0. The topological polar surface area (TPSA) is 75.7 Å². The lowest BCUT2D eigenvalue weighted by molar-refractivity contribution is -0.138. The van der Waals surface area contributed by atoms with Crippen LogP contribution in [0.4, 0.5) is 0 Å². The van der Waals surface area contributed by atoms with Crippen molar-refractivity contribution in [2.45, 2.75) is 24.8 Å².